The highest BCUT2D eigenvalue weighted by Gasteiger charge is 2.29. The van der Waals surface area contributed by atoms with Crippen LogP contribution >= 0.6 is 0 Å². The van der Waals surface area contributed by atoms with Gasteiger partial charge in [-0.15, -0.1) is 0 Å². The van der Waals surface area contributed by atoms with Crippen LogP contribution in [0.2, 0.25) is 0 Å². The Morgan fingerprint density at radius 1 is 1.37 bits per heavy atom. The molecule has 1 aliphatic rings. The molecule has 0 aliphatic carbocycles. The molecule has 27 heavy (non-hydrogen) atoms. The van der Waals surface area contributed by atoms with Crippen LogP contribution in [0.4, 0.5) is 0 Å². The van der Waals surface area contributed by atoms with E-state index in [1.165, 1.54) is 5.56 Å². The maximum atomic E-state index is 13.1. The summed E-state index contributed by atoms with van der Waals surface area (Å²) in [6.45, 7) is 3.59. The van der Waals surface area contributed by atoms with Crippen LogP contribution in [0.1, 0.15) is 52.9 Å². The van der Waals surface area contributed by atoms with E-state index in [4.69, 9.17) is 5.11 Å². The molecule has 0 saturated carbocycles. The number of likely N-dealkylation sites (tertiary alicyclic amines) is 1. The van der Waals surface area contributed by atoms with E-state index in [0.29, 0.717) is 24.2 Å². The number of fused-ring (bicyclic) bond motifs is 1. The molecule has 4 heterocycles. The Kier molecular flexibility index (Phi) is 4.89. The molecule has 142 valence electrons. The molecule has 0 spiro atoms. The molecule has 3 aromatic heterocycles. The average Bonchev–Trinajstić information content (AvgIpc) is 3.34. The van der Waals surface area contributed by atoms with Crippen molar-refractivity contribution >= 4 is 11.6 Å². The lowest BCUT2D eigenvalue weighted by molar-refractivity contribution is 0.0707. The molecule has 1 aliphatic heterocycles. The number of carbonyl (C=O) groups is 1. The summed E-state index contributed by atoms with van der Waals surface area (Å²) in [6, 6.07) is 0. The summed E-state index contributed by atoms with van der Waals surface area (Å²) in [5.74, 6) is 0.251. The number of aryl methyl sites for hydroxylation is 1. The van der Waals surface area contributed by atoms with Gasteiger partial charge < -0.3 is 10.0 Å². The number of nitrogens with one attached hydrogen (secondary N) is 1. The lowest BCUT2D eigenvalue weighted by atomic mass is 9.91. The number of hydrogen-bond acceptors (Lipinski definition) is 5. The Morgan fingerprint density at radius 3 is 3.07 bits per heavy atom. The number of aliphatic hydroxyl groups is 1. The number of piperidine rings is 1. The monoisotopic (exact) mass is 368 g/mol. The number of nitrogens with zero attached hydrogens (tertiary/aromatic N) is 5. The Morgan fingerprint density at radius 2 is 2.26 bits per heavy atom. The minimum atomic E-state index is -0.0327. The smallest absolute Gasteiger partial charge is 0.259 e. The second kappa shape index (κ2) is 7.48. The van der Waals surface area contributed by atoms with Gasteiger partial charge in [-0.1, -0.05) is 6.92 Å². The van der Waals surface area contributed by atoms with Crippen molar-refractivity contribution in [3.63, 3.8) is 0 Å². The number of H-pyrrole nitrogens is 1. The van der Waals surface area contributed by atoms with Crippen LogP contribution in [0.3, 0.4) is 0 Å². The Labute approximate surface area is 157 Å². The van der Waals surface area contributed by atoms with Gasteiger partial charge in [0.15, 0.2) is 5.65 Å². The van der Waals surface area contributed by atoms with Gasteiger partial charge in [0, 0.05) is 43.7 Å². The van der Waals surface area contributed by atoms with Gasteiger partial charge in [0.05, 0.1) is 12.4 Å². The van der Waals surface area contributed by atoms with E-state index >= 15 is 0 Å². The average molecular weight is 368 g/mol. The molecule has 1 saturated heterocycles. The van der Waals surface area contributed by atoms with Crippen molar-refractivity contribution in [3.8, 4) is 0 Å². The summed E-state index contributed by atoms with van der Waals surface area (Å²) in [5.41, 5.74) is 4.34. The first-order chi connectivity index (χ1) is 13.2. The number of aliphatic hydroxyl groups excluding tert-OH is 1. The number of rotatable bonds is 5. The highest BCUT2D eigenvalue weighted by molar-refractivity contribution is 5.99. The van der Waals surface area contributed by atoms with E-state index in [1.54, 1.807) is 16.9 Å². The normalized spacial score (nSPS) is 17.6. The maximum Gasteiger partial charge on any atom is 0.259 e. The fourth-order valence-corrected chi connectivity index (χ4v) is 3.85. The zero-order valence-electron chi connectivity index (χ0n) is 15.4. The zero-order valence-corrected chi connectivity index (χ0v) is 15.4. The SMILES string of the molecule is CCc1cn[nH]c1[C@@H]1CCCN(C(=O)c2cnn3cc(CCO)cnc23)C1. The first kappa shape index (κ1) is 17.7. The summed E-state index contributed by atoms with van der Waals surface area (Å²) in [7, 11) is 0. The second-order valence-electron chi connectivity index (χ2n) is 7.02. The van der Waals surface area contributed by atoms with Crippen molar-refractivity contribution in [1.29, 1.82) is 0 Å². The highest BCUT2D eigenvalue weighted by Crippen LogP contribution is 2.29. The zero-order chi connectivity index (χ0) is 18.8. The van der Waals surface area contributed by atoms with E-state index in [9.17, 15) is 4.79 Å². The third-order valence-corrected chi connectivity index (χ3v) is 5.29. The fraction of sp³-hybridized carbons (Fsp3) is 0.474. The topological polar surface area (TPSA) is 99.4 Å². The molecule has 1 fully saturated rings. The lowest BCUT2D eigenvalue weighted by Crippen LogP contribution is -2.39. The third-order valence-electron chi connectivity index (χ3n) is 5.29. The van der Waals surface area contributed by atoms with E-state index in [0.717, 1.165) is 37.1 Å². The number of carbonyl (C=O) groups excluding carboxylic acids is 1. The summed E-state index contributed by atoms with van der Waals surface area (Å²) in [4.78, 5) is 19.4. The summed E-state index contributed by atoms with van der Waals surface area (Å²) < 4.78 is 1.61. The van der Waals surface area contributed by atoms with Crippen molar-refractivity contribution in [3.05, 3.63) is 47.2 Å². The molecular weight excluding hydrogens is 344 g/mol. The van der Waals surface area contributed by atoms with Crippen LogP contribution in [0.5, 0.6) is 0 Å². The Hall–Kier alpha value is -2.74. The van der Waals surface area contributed by atoms with Gasteiger partial charge in [-0.25, -0.2) is 9.50 Å². The first-order valence-corrected chi connectivity index (χ1v) is 9.45. The van der Waals surface area contributed by atoms with E-state index < -0.39 is 0 Å². The van der Waals surface area contributed by atoms with Crippen molar-refractivity contribution in [2.75, 3.05) is 19.7 Å². The molecule has 0 aromatic carbocycles. The molecule has 8 nitrogen and oxygen atoms in total. The predicted molar refractivity (Wildman–Crippen MR) is 99.6 cm³/mol. The van der Waals surface area contributed by atoms with E-state index in [1.807, 2.05) is 17.3 Å². The van der Waals surface area contributed by atoms with Crippen molar-refractivity contribution < 1.29 is 9.90 Å². The van der Waals surface area contributed by atoms with Crippen LogP contribution in [-0.4, -0.2) is 60.4 Å². The van der Waals surface area contributed by atoms with Crippen LogP contribution in [0.25, 0.3) is 5.65 Å². The lowest BCUT2D eigenvalue weighted by Gasteiger charge is -2.32. The van der Waals surface area contributed by atoms with Gasteiger partial charge >= 0.3 is 0 Å². The Bertz CT molecular complexity index is 947. The molecular formula is C19H24N6O2. The first-order valence-electron chi connectivity index (χ1n) is 9.45. The van der Waals surface area contributed by atoms with Gasteiger partial charge in [-0.05, 0) is 36.8 Å². The minimum Gasteiger partial charge on any atom is -0.396 e. The van der Waals surface area contributed by atoms with Gasteiger partial charge in [0.25, 0.3) is 5.91 Å². The van der Waals surface area contributed by atoms with Crippen LogP contribution in [0, 0.1) is 0 Å². The number of amides is 1. The summed E-state index contributed by atoms with van der Waals surface area (Å²) in [6.07, 6.45) is 10.4. The van der Waals surface area contributed by atoms with Crippen LogP contribution in [-0.2, 0) is 12.8 Å². The van der Waals surface area contributed by atoms with Crippen LogP contribution < -0.4 is 0 Å². The number of aromatic amines is 1. The molecule has 2 N–H and O–H groups in total. The molecule has 1 amide bonds. The molecule has 1 atom stereocenters. The van der Waals surface area contributed by atoms with Gasteiger partial charge in [0.2, 0.25) is 0 Å². The summed E-state index contributed by atoms with van der Waals surface area (Å²) in [5, 5.41) is 20.7. The largest absolute Gasteiger partial charge is 0.396 e. The van der Waals surface area contributed by atoms with Crippen molar-refractivity contribution in [2.24, 2.45) is 0 Å². The molecule has 0 radical (unpaired) electrons. The fourth-order valence-electron chi connectivity index (χ4n) is 3.85. The van der Waals surface area contributed by atoms with Gasteiger partial charge in [-0.3, -0.25) is 9.89 Å². The van der Waals surface area contributed by atoms with E-state index in [-0.39, 0.29) is 18.4 Å². The Balaban J connectivity index is 1.56. The molecule has 8 heteroatoms. The number of aromatic nitrogens is 5. The molecule has 3 aromatic rings. The maximum absolute atomic E-state index is 13.1. The second-order valence-corrected chi connectivity index (χ2v) is 7.02. The highest BCUT2D eigenvalue weighted by atomic mass is 16.3. The standard InChI is InChI=1S/C19H24N6O2/c1-2-14-9-21-23-17(14)15-4-3-6-24(12-15)19(27)16-10-22-25-11-13(5-7-26)8-20-18(16)25/h8-11,15,26H,2-7,12H2,1H3,(H,21,23)/t15-/m1/s1. The minimum absolute atomic E-state index is 0.0327. The summed E-state index contributed by atoms with van der Waals surface area (Å²) >= 11 is 0. The van der Waals surface area contributed by atoms with Crippen LogP contribution in [0.15, 0.2) is 24.8 Å². The molecule has 0 bridgehead atoms. The van der Waals surface area contributed by atoms with Crippen molar-refractivity contribution in [2.45, 2.75) is 38.5 Å². The molecule has 0 unspecified atom stereocenters. The van der Waals surface area contributed by atoms with Gasteiger partial charge in [0.1, 0.15) is 5.56 Å². The number of hydrogen-bond donors (Lipinski definition) is 2. The van der Waals surface area contributed by atoms with E-state index in [2.05, 4.69) is 27.2 Å². The van der Waals surface area contributed by atoms with Gasteiger partial charge in [-0.2, -0.15) is 10.2 Å². The van der Waals surface area contributed by atoms with Crippen molar-refractivity contribution in [1.82, 2.24) is 29.7 Å². The predicted octanol–water partition coefficient (Wildman–Crippen LogP) is 1.57. The third kappa shape index (κ3) is 3.32. The molecule has 4 rings (SSSR count). The quantitative estimate of drug-likeness (QED) is 0.712.